The molecule has 0 saturated carbocycles. The van der Waals surface area contributed by atoms with E-state index in [1.807, 2.05) is 0 Å². The summed E-state index contributed by atoms with van der Waals surface area (Å²) >= 11 is 0. The Morgan fingerprint density at radius 3 is 2.58 bits per heavy atom. The average molecular weight is 382 g/mol. The number of methoxy groups -OCH3 is 1. The molecule has 26 heavy (non-hydrogen) atoms. The number of carboxylic acids is 1. The number of furan rings is 1. The minimum absolute atomic E-state index is 0.00679. The molecular weight excluding hydrogens is 364 g/mol. The van der Waals surface area contributed by atoms with E-state index >= 15 is 0 Å². The van der Waals surface area contributed by atoms with Crippen LogP contribution in [0.3, 0.4) is 0 Å². The Morgan fingerprint density at radius 1 is 1.23 bits per heavy atom. The molecular formula is C16H18N2O7S. The molecule has 0 aliphatic heterocycles. The van der Waals surface area contributed by atoms with Gasteiger partial charge in [-0.2, -0.15) is 0 Å². The lowest BCUT2D eigenvalue weighted by Crippen LogP contribution is -2.20. The first-order valence-corrected chi connectivity index (χ1v) is 9.28. The third-order valence-corrected chi connectivity index (χ3v) is 3.87. The van der Waals surface area contributed by atoms with Crippen molar-refractivity contribution in [2.24, 2.45) is 0 Å². The lowest BCUT2D eigenvalue weighted by atomic mass is 10.1. The zero-order valence-electron chi connectivity index (χ0n) is 14.1. The minimum atomic E-state index is -3.38. The largest absolute Gasteiger partial charge is 0.478 e. The van der Waals surface area contributed by atoms with E-state index in [1.54, 1.807) is 6.07 Å². The summed E-state index contributed by atoms with van der Waals surface area (Å²) in [6, 6.07) is 7.21. The summed E-state index contributed by atoms with van der Waals surface area (Å²) in [6.07, 6.45) is 1.01. The Hall–Kier alpha value is -2.69. The molecule has 0 radical (unpaired) electrons. The number of benzene rings is 1. The predicted molar refractivity (Wildman–Crippen MR) is 92.5 cm³/mol. The van der Waals surface area contributed by atoms with Gasteiger partial charge in [-0.25, -0.2) is 17.9 Å². The van der Waals surface area contributed by atoms with Crippen LogP contribution < -0.4 is 10.0 Å². The summed E-state index contributed by atoms with van der Waals surface area (Å²) in [6.45, 7) is 0.102. The number of amides is 1. The number of nitrogens with one attached hydrogen (secondary N) is 2. The summed E-state index contributed by atoms with van der Waals surface area (Å²) in [4.78, 5) is 23.5. The fourth-order valence-corrected chi connectivity index (χ4v) is 2.53. The number of rotatable bonds is 8. The van der Waals surface area contributed by atoms with E-state index in [-0.39, 0.29) is 35.9 Å². The Labute approximate surface area is 150 Å². The summed E-state index contributed by atoms with van der Waals surface area (Å²) in [5, 5.41) is 11.7. The van der Waals surface area contributed by atoms with Crippen LogP contribution >= 0.6 is 0 Å². The van der Waals surface area contributed by atoms with Crippen LogP contribution in [0.15, 0.2) is 34.7 Å². The number of carbonyl (C=O) groups is 2. The highest BCUT2D eigenvalue weighted by molar-refractivity contribution is 7.88. The van der Waals surface area contributed by atoms with Crippen molar-refractivity contribution in [3.05, 3.63) is 53.0 Å². The van der Waals surface area contributed by atoms with Gasteiger partial charge < -0.3 is 19.6 Å². The molecule has 0 fully saturated rings. The van der Waals surface area contributed by atoms with Crippen LogP contribution in [0, 0.1) is 0 Å². The molecule has 0 bridgehead atoms. The van der Waals surface area contributed by atoms with Gasteiger partial charge in [0.05, 0.1) is 25.0 Å². The number of ether oxygens (including phenoxy) is 1. The molecule has 0 atom stereocenters. The van der Waals surface area contributed by atoms with Crippen molar-refractivity contribution >= 4 is 27.6 Å². The maximum absolute atomic E-state index is 12.3. The van der Waals surface area contributed by atoms with Crippen LogP contribution in [0.2, 0.25) is 0 Å². The molecule has 1 aromatic heterocycles. The molecule has 0 saturated heterocycles. The number of aromatic carboxylic acids is 1. The smallest absolute Gasteiger partial charge is 0.335 e. The van der Waals surface area contributed by atoms with Gasteiger partial charge >= 0.3 is 5.97 Å². The van der Waals surface area contributed by atoms with Gasteiger partial charge in [-0.15, -0.1) is 0 Å². The fraction of sp³-hybridized carbons (Fsp3) is 0.250. The van der Waals surface area contributed by atoms with Crippen molar-refractivity contribution in [2.45, 2.75) is 13.2 Å². The van der Waals surface area contributed by atoms with Crippen molar-refractivity contribution in [1.82, 2.24) is 4.72 Å². The van der Waals surface area contributed by atoms with Crippen molar-refractivity contribution < 1.29 is 32.3 Å². The predicted octanol–water partition coefficient (Wildman–Crippen LogP) is 1.43. The van der Waals surface area contributed by atoms with E-state index in [2.05, 4.69) is 10.0 Å². The maximum atomic E-state index is 12.3. The van der Waals surface area contributed by atoms with Gasteiger partial charge in [-0.1, -0.05) is 0 Å². The monoisotopic (exact) mass is 382 g/mol. The number of carboxylic acid groups (broad SMARTS) is 1. The van der Waals surface area contributed by atoms with Crippen LogP contribution in [-0.4, -0.2) is 38.8 Å². The van der Waals surface area contributed by atoms with E-state index in [0.717, 1.165) is 6.26 Å². The fourth-order valence-electron chi connectivity index (χ4n) is 2.13. The maximum Gasteiger partial charge on any atom is 0.335 e. The standard InChI is InChI=1S/C16H18N2O7S/c1-24-9-10-5-11(16(20)21)7-12(6-10)18-15(19)14-4-3-13(25-14)8-17-26(2,22)23/h3-7,17H,8-9H2,1-2H3,(H,18,19)(H,20,21). The van der Waals surface area contributed by atoms with Crippen LogP contribution in [-0.2, 0) is 27.9 Å². The van der Waals surface area contributed by atoms with E-state index < -0.39 is 21.9 Å². The first-order chi connectivity index (χ1) is 12.2. The van der Waals surface area contributed by atoms with E-state index in [0.29, 0.717) is 5.56 Å². The first-order valence-electron chi connectivity index (χ1n) is 7.39. The number of anilines is 1. The summed E-state index contributed by atoms with van der Waals surface area (Å²) in [5.41, 5.74) is 0.863. The zero-order chi connectivity index (χ0) is 19.3. The lowest BCUT2D eigenvalue weighted by Gasteiger charge is -2.08. The minimum Gasteiger partial charge on any atom is -0.478 e. The summed E-state index contributed by atoms with van der Waals surface area (Å²) in [5.74, 6) is -1.50. The van der Waals surface area contributed by atoms with Crippen LogP contribution in [0.5, 0.6) is 0 Å². The highest BCUT2D eigenvalue weighted by Gasteiger charge is 2.14. The van der Waals surface area contributed by atoms with Crippen molar-refractivity contribution in [3.8, 4) is 0 Å². The Bertz CT molecular complexity index is 918. The summed E-state index contributed by atoms with van der Waals surface area (Å²) in [7, 11) is -1.91. The van der Waals surface area contributed by atoms with Gasteiger partial charge in [0.15, 0.2) is 5.76 Å². The third kappa shape index (κ3) is 5.69. The van der Waals surface area contributed by atoms with Gasteiger partial charge in [-0.05, 0) is 35.9 Å². The van der Waals surface area contributed by atoms with Crippen molar-refractivity contribution in [2.75, 3.05) is 18.7 Å². The molecule has 140 valence electrons. The van der Waals surface area contributed by atoms with Crippen LogP contribution in [0.1, 0.15) is 32.2 Å². The van der Waals surface area contributed by atoms with E-state index in [9.17, 15) is 18.0 Å². The van der Waals surface area contributed by atoms with E-state index in [1.165, 1.54) is 31.4 Å². The van der Waals surface area contributed by atoms with Crippen molar-refractivity contribution in [3.63, 3.8) is 0 Å². The quantitative estimate of drug-likeness (QED) is 0.628. The molecule has 1 heterocycles. The Balaban J connectivity index is 2.14. The van der Waals surface area contributed by atoms with Gasteiger partial charge in [-0.3, -0.25) is 4.79 Å². The molecule has 0 aliphatic rings. The molecule has 2 aromatic rings. The SMILES string of the molecule is COCc1cc(NC(=O)c2ccc(CNS(C)(=O)=O)o2)cc(C(=O)O)c1. The second-order valence-corrected chi connectivity index (χ2v) is 7.30. The molecule has 2 rings (SSSR count). The molecule has 9 nitrogen and oxygen atoms in total. The zero-order valence-corrected chi connectivity index (χ0v) is 14.9. The number of hydrogen-bond donors (Lipinski definition) is 3. The second kappa shape index (κ2) is 8.13. The average Bonchev–Trinajstić information content (AvgIpc) is 3.01. The number of carbonyl (C=O) groups excluding carboxylic acids is 1. The van der Waals surface area contributed by atoms with Gasteiger partial charge in [0, 0.05) is 12.8 Å². The Kier molecular flexibility index (Phi) is 6.14. The van der Waals surface area contributed by atoms with E-state index in [4.69, 9.17) is 14.3 Å². The summed E-state index contributed by atoms with van der Waals surface area (Å²) < 4.78 is 34.7. The molecule has 1 aromatic carbocycles. The second-order valence-electron chi connectivity index (χ2n) is 5.47. The van der Waals surface area contributed by atoms with Crippen LogP contribution in [0.4, 0.5) is 5.69 Å². The van der Waals surface area contributed by atoms with Crippen LogP contribution in [0.25, 0.3) is 0 Å². The van der Waals surface area contributed by atoms with Crippen molar-refractivity contribution in [1.29, 1.82) is 0 Å². The topological polar surface area (TPSA) is 135 Å². The van der Waals surface area contributed by atoms with Gasteiger partial charge in [0.2, 0.25) is 10.0 Å². The number of hydrogen-bond acceptors (Lipinski definition) is 6. The normalized spacial score (nSPS) is 11.3. The van der Waals surface area contributed by atoms with Gasteiger partial charge in [0.1, 0.15) is 5.76 Å². The first kappa shape index (κ1) is 19.6. The third-order valence-electron chi connectivity index (χ3n) is 3.20. The molecule has 0 spiro atoms. The molecule has 0 aliphatic carbocycles. The molecule has 0 unspecified atom stereocenters. The lowest BCUT2D eigenvalue weighted by molar-refractivity contribution is 0.0696. The van der Waals surface area contributed by atoms with Gasteiger partial charge in [0.25, 0.3) is 5.91 Å². The highest BCUT2D eigenvalue weighted by Crippen LogP contribution is 2.18. The Morgan fingerprint density at radius 2 is 1.96 bits per heavy atom. The molecule has 10 heteroatoms. The molecule has 3 N–H and O–H groups in total. The molecule has 1 amide bonds. The highest BCUT2D eigenvalue weighted by atomic mass is 32.2. The number of sulfonamides is 1.